The molecule has 3 fully saturated rings. The molecule has 5 rings (SSSR count). The van der Waals surface area contributed by atoms with E-state index in [9.17, 15) is 19.5 Å². The number of hydrogen-bond acceptors (Lipinski definition) is 7. The first-order valence-corrected chi connectivity index (χ1v) is 12.0. The molecular weight excluding hydrogens is 440 g/mol. The quantitative estimate of drug-likeness (QED) is 0.512. The van der Waals surface area contributed by atoms with Crippen molar-refractivity contribution in [2.75, 3.05) is 6.61 Å². The summed E-state index contributed by atoms with van der Waals surface area (Å²) in [5.41, 5.74) is 1.14. The summed E-state index contributed by atoms with van der Waals surface area (Å²) in [6.07, 6.45) is 4.06. The second kappa shape index (κ2) is 7.70. The highest BCUT2D eigenvalue weighted by molar-refractivity contribution is 5.76. The lowest BCUT2D eigenvalue weighted by atomic mass is 9.52. The Bertz CT molecular complexity index is 1050. The number of carboxylic acids is 1. The molecule has 1 aromatic heterocycles. The van der Waals surface area contributed by atoms with Gasteiger partial charge >= 0.3 is 17.9 Å². The fraction of sp³-hybridized carbons (Fsp3) is 0.654. The summed E-state index contributed by atoms with van der Waals surface area (Å²) < 4.78 is 23.2. The van der Waals surface area contributed by atoms with E-state index >= 15 is 0 Å². The fourth-order valence-electron chi connectivity index (χ4n) is 7.53. The van der Waals surface area contributed by atoms with Crippen LogP contribution in [0.2, 0.25) is 0 Å². The summed E-state index contributed by atoms with van der Waals surface area (Å²) >= 11 is 0. The van der Waals surface area contributed by atoms with Crippen LogP contribution < -0.4 is 0 Å². The van der Waals surface area contributed by atoms with Crippen molar-refractivity contribution in [1.82, 2.24) is 0 Å². The lowest BCUT2D eigenvalue weighted by Gasteiger charge is -2.54. The largest absolute Gasteiger partial charge is 0.481 e. The Balaban J connectivity index is 1.63. The van der Waals surface area contributed by atoms with Crippen molar-refractivity contribution in [1.29, 1.82) is 0 Å². The molecule has 3 saturated heterocycles. The maximum Gasteiger partial charge on any atom is 0.310 e. The van der Waals surface area contributed by atoms with E-state index in [0.29, 0.717) is 0 Å². The summed E-state index contributed by atoms with van der Waals surface area (Å²) in [5.74, 6) is -1.92. The number of esters is 2. The Kier molecular flexibility index (Phi) is 5.24. The highest BCUT2D eigenvalue weighted by Crippen LogP contribution is 2.65. The van der Waals surface area contributed by atoms with Crippen molar-refractivity contribution < 1.29 is 38.1 Å². The SMILES string of the molecule is CC1=C2CC(=O)O[C@H](c3ccoc3)[C@]2(C)CC[C@@H]1[C@@]12COC(=O)C[C@@H]1OC(C)(C)C2CC(=O)O. The van der Waals surface area contributed by atoms with Crippen molar-refractivity contribution in [3.63, 3.8) is 0 Å². The van der Waals surface area contributed by atoms with Gasteiger partial charge < -0.3 is 23.7 Å². The number of carbonyl (C=O) groups excluding carboxylic acids is 2. The number of fused-ring (bicyclic) bond motifs is 2. The van der Waals surface area contributed by atoms with Gasteiger partial charge in [-0.05, 0) is 51.2 Å². The minimum Gasteiger partial charge on any atom is -0.481 e. The Labute approximate surface area is 198 Å². The Morgan fingerprint density at radius 3 is 2.65 bits per heavy atom. The van der Waals surface area contributed by atoms with Crippen molar-refractivity contribution in [2.45, 2.75) is 77.6 Å². The zero-order valence-electron chi connectivity index (χ0n) is 20.1. The second-order valence-electron chi connectivity index (χ2n) is 11.1. The predicted octanol–water partition coefficient (Wildman–Crippen LogP) is 4.20. The number of allylic oxidation sites excluding steroid dienone is 1. The number of furan rings is 1. The number of rotatable bonds is 4. The first-order valence-electron chi connectivity index (χ1n) is 12.0. The third-order valence-electron chi connectivity index (χ3n) is 9.03. The van der Waals surface area contributed by atoms with Crippen LogP contribution >= 0.6 is 0 Å². The van der Waals surface area contributed by atoms with E-state index in [4.69, 9.17) is 18.6 Å². The summed E-state index contributed by atoms with van der Waals surface area (Å²) in [6, 6.07) is 1.83. The first kappa shape index (κ1) is 23.1. The molecule has 1 aliphatic carbocycles. The number of hydrogen-bond donors (Lipinski definition) is 1. The molecule has 8 nitrogen and oxygen atoms in total. The van der Waals surface area contributed by atoms with Gasteiger partial charge in [-0.2, -0.15) is 0 Å². The molecule has 1 N–H and O–H groups in total. The molecule has 0 amide bonds. The van der Waals surface area contributed by atoms with E-state index in [1.165, 1.54) is 0 Å². The molecule has 3 aliphatic heterocycles. The Morgan fingerprint density at radius 1 is 1.21 bits per heavy atom. The van der Waals surface area contributed by atoms with Crippen molar-refractivity contribution in [3.05, 3.63) is 35.3 Å². The van der Waals surface area contributed by atoms with Gasteiger partial charge in [0.1, 0.15) is 12.7 Å². The number of aliphatic carboxylic acids is 1. The van der Waals surface area contributed by atoms with Crippen molar-refractivity contribution in [3.8, 4) is 0 Å². The highest BCUT2D eigenvalue weighted by atomic mass is 16.6. The summed E-state index contributed by atoms with van der Waals surface area (Å²) in [4.78, 5) is 36.9. The first-order chi connectivity index (χ1) is 16.0. The third kappa shape index (κ3) is 3.25. The van der Waals surface area contributed by atoms with E-state index < -0.39 is 34.6 Å². The smallest absolute Gasteiger partial charge is 0.310 e. The standard InChI is InChI=1S/C26H32O8/c1-14-16(5-7-25(4)17(14)9-22(30)33-23(25)15-6-8-31-12-15)26-13-32-21(29)11-19(26)34-24(2,3)18(26)10-20(27)28/h6,8,12,16,18-19,23H,5,7,9-11,13H2,1-4H3,(H,27,28)/t16-,18?,19-,23+,25+,26+/m0/s1. The molecule has 34 heavy (non-hydrogen) atoms. The van der Waals surface area contributed by atoms with E-state index in [1.807, 2.05) is 26.8 Å². The molecule has 4 aliphatic rings. The second-order valence-corrected chi connectivity index (χ2v) is 11.1. The van der Waals surface area contributed by atoms with Gasteiger partial charge in [0.15, 0.2) is 0 Å². The van der Waals surface area contributed by atoms with E-state index in [1.54, 1.807) is 12.5 Å². The molecule has 0 spiro atoms. The number of carbonyl (C=O) groups is 3. The number of cyclic esters (lactones) is 2. The highest BCUT2D eigenvalue weighted by Gasteiger charge is 2.67. The average Bonchev–Trinajstić information content (AvgIpc) is 3.35. The number of carboxylic acid groups (broad SMARTS) is 1. The minimum atomic E-state index is -0.897. The lowest BCUT2D eigenvalue weighted by Crippen LogP contribution is -2.55. The van der Waals surface area contributed by atoms with E-state index in [2.05, 4.69) is 6.92 Å². The van der Waals surface area contributed by atoms with Crippen LogP contribution in [0, 0.1) is 22.7 Å². The molecule has 0 saturated carbocycles. The third-order valence-corrected chi connectivity index (χ3v) is 9.03. The van der Waals surface area contributed by atoms with Crippen LogP contribution in [-0.4, -0.2) is 41.3 Å². The molecule has 184 valence electrons. The van der Waals surface area contributed by atoms with Crippen LogP contribution in [0.1, 0.15) is 71.5 Å². The van der Waals surface area contributed by atoms with Gasteiger partial charge in [0.2, 0.25) is 0 Å². The molecular formula is C26H32O8. The lowest BCUT2D eigenvalue weighted by molar-refractivity contribution is -0.171. The topological polar surface area (TPSA) is 112 Å². The zero-order valence-corrected chi connectivity index (χ0v) is 20.1. The van der Waals surface area contributed by atoms with Crippen LogP contribution in [0.25, 0.3) is 0 Å². The molecule has 8 heteroatoms. The summed E-state index contributed by atoms with van der Waals surface area (Å²) in [5, 5.41) is 9.79. The van der Waals surface area contributed by atoms with Crippen molar-refractivity contribution in [2.24, 2.45) is 22.7 Å². The summed E-state index contributed by atoms with van der Waals surface area (Å²) in [7, 11) is 0. The van der Waals surface area contributed by atoms with Gasteiger partial charge in [0, 0.05) is 22.3 Å². The van der Waals surface area contributed by atoms with Gasteiger partial charge in [0.05, 0.1) is 43.5 Å². The van der Waals surface area contributed by atoms with Crippen LogP contribution in [-0.2, 0) is 28.6 Å². The van der Waals surface area contributed by atoms with Gasteiger partial charge in [-0.3, -0.25) is 14.4 Å². The maximum absolute atomic E-state index is 12.7. The predicted molar refractivity (Wildman–Crippen MR) is 118 cm³/mol. The molecule has 0 aromatic carbocycles. The molecule has 1 aromatic rings. The van der Waals surface area contributed by atoms with Gasteiger partial charge in [-0.25, -0.2) is 0 Å². The van der Waals surface area contributed by atoms with Gasteiger partial charge in [-0.1, -0.05) is 12.5 Å². The van der Waals surface area contributed by atoms with Crippen LogP contribution in [0.4, 0.5) is 0 Å². The maximum atomic E-state index is 12.7. The Hall–Kier alpha value is -2.61. The van der Waals surface area contributed by atoms with Crippen molar-refractivity contribution >= 4 is 17.9 Å². The van der Waals surface area contributed by atoms with E-state index in [0.717, 1.165) is 29.6 Å². The van der Waals surface area contributed by atoms with Crippen LogP contribution in [0.5, 0.6) is 0 Å². The fourth-order valence-corrected chi connectivity index (χ4v) is 7.53. The monoisotopic (exact) mass is 472 g/mol. The van der Waals surface area contributed by atoms with Crippen LogP contribution in [0.3, 0.4) is 0 Å². The van der Waals surface area contributed by atoms with Gasteiger partial charge in [0.25, 0.3) is 0 Å². The normalized spacial score (nSPS) is 39.2. The molecule has 6 atom stereocenters. The molecule has 0 bridgehead atoms. The number of ether oxygens (including phenoxy) is 3. The Morgan fingerprint density at radius 2 is 1.97 bits per heavy atom. The molecule has 0 radical (unpaired) electrons. The molecule has 1 unspecified atom stereocenters. The minimum absolute atomic E-state index is 0.0723. The summed E-state index contributed by atoms with van der Waals surface area (Å²) in [6.45, 7) is 8.13. The van der Waals surface area contributed by atoms with Gasteiger partial charge in [-0.15, -0.1) is 0 Å². The van der Waals surface area contributed by atoms with Crippen LogP contribution in [0.15, 0.2) is 34.2 Å². The molecule has 4 heterocycles. The van der Waals surface area contributed by atoms with E-state index in [-0.39, 0.29) is 49.6 Å². The zero-order chi connectivity index (χ0) is 24.5. The average molecular weight is 473 g/mol.